The summed E-state index contributed by atoms with van der Waals surface area (Å²) in [7, 11) is 1.63. The first-order valence-corrected chi connectivity index (χ1v) is 12.1. The van der Waals surface area contributed by atoms with E-state index in [4.69, 9.17) is 9.84 Å². The highest BCUT2D eigenvalue weighted by Crippen LogP contribution is 2.25. The minimum absolute atomic E-state index is 0.0826. The lowest BCUT2D eigenvalue weighted by Gasteiger charge is -2.23. The van der Waals surface area contributed by atoms with Crippen LogP contribution in [0.2, 0.25) is 0 Å². The zero-order valence-electron chi connectivity index (χ0n) is 20.0. The topological polar surface area (TPSA) is 73.2 Å². The van der Waals surface area contributed by atoms with Crippen molar-refractivity contribution in [2.45, 2.75) is 51.7 Å². The molecule has 0 aromatic heterocycles. The second kappa shape index (κ2) is 12.7. The predicted octanol–water partition coefficient (Wildman–Crippen LogP) is 3.48. The van der Waals surface area contributed by atoms with Gasteiger partial charge in [-0.15, -0.1) is 0 Å². The van der Waals surface area contributed by atoms with E-state index >= 15 is 0 Å². The monoisotopic (exact) mass is 454 g/mol. The maximum atomic E-state index is 12.9. The van der Waals surface area contributed by atoms with E-state index in [0.29, 0.717) is 18.6 Å². The maximum absolute atomic E-state index is 12.9. The van der Waals surface area contributed by atoms with Crippen LogP contribution < -0.4 is 4.74 Å². The Hall–Kier alpha value is -2.41. The van der Waals surface area contributed by atoms with Crippen LogP contribution in [-0.4, -0.2) is 71.9 Å². The summed E-state index contributed by atoms with van der Waals surface area (Å²) in [5.74, 6) is 0.633. The minimum Gasteiger partial charge on any atom is -0.493 e. The standard InChI is InChI=1S/C27H38N2O4/c1-3-12-29-13-5-4-6-14-33-26-11-10-23(27(32)28(2)19-25(31)20-30)17-24(26)16-21-8-7-9-22(15-21)18-29/h7-11,15,17,25,30-31H,3-6,12-14,16,18-20H2,1-2H3. The third-order valence-corrected chi connectivity index (χ3v) is 6.06. The third-order valence-electron chi connectivity index (χ3n) is 6.06. The Labute approximate surface area is 197 Å². The molecule has 180 valence electrons. The van der Waals surface area contributed by atoms with E-state index in [2.05, 4.69) is 36.1 Å². The number of hydrogen-bond donors (Lipinski definition) is 2. The number of aliphatic hydroxyl groups excluding tert-OH is 2. The molecule has 6 heteroatoms. The fraction of sp³-hybridized carbons (Fsp3) is 0.519. The molecular weight excluding hydrogens is 416 g/mol. The largest absolute Gasteiger partial charge is 0.493 e. The van der Waals surface area contributed by atoms with E-state index < -0.39 is 6.10 Å². The fourth-order valence-corrected chi connectivity index (χ4v) is 4.37. The zero-order valence-corrected chi connectivity index (χ0v) is 20.0. The molecule has 0 aliphatic carbocycles. The van der Waals surface area contributed by atoms with Crippen LogP contribution in [0.15, 0.2) is 42.5 Å². The maximum Gasteiger partial charge on any atom is 0.253 e. The molecule has 2 aromatic carbocycles. The van der Waals surface area contributed by atoms with Crippen molar-refractivity contribution in [3.05, 3.63) is 64.7 Å². The minimum atomic E-state index is -0.949. The van der Waals surface area contributed by atoms with Gasteiger partial charge in [0.15, 0.2) is 0 Å². The summed E-state index contributed by atoms with van der Waals surface area (Å²) in [4.78, 5) is 16.9. The summed E-state index contributed by atoms with van der Waals surface area (Å²) in [5.41, 5.74) is 4.04. The van der Waals surface area contributed by atoms with Crippen LogP contribution >= 0.6 is 0 Å². The second-order valence-electron chi connectivity index (χ2n) is 9.03. The number of ether oxygens (including phenoxy) is 1. The molecule has 2 bridgehead atoms. The Balaban J connectivity index is 1.87. The number of hydrogen-bond acceptors (Lipinski definition) is 5. The number of likely N-dealkylation sites (N-methyl/N-ethyl adjacent to an activating group) is 1. The summed E-state index contributed by atoms with van der Waals surface area (Å²) in [6.07, 6.45) is 4.18. The molecule has 1 aliphatic heterocycles. The predicted molar refractivity (Wildman–Crippen MR) is 131 cm³/mol. The number of fused-ring (bicyclic) bond motifs is 3. The van der Waals surface area contributed by atoms with Gasteiger partial charge >= 0.3 is 0 Å². The Morgan fingerprint density at radius 1 is 1.15 bits per heavy atom. The van der Waals surface area contributed by atoms with Crippen LogP contribution in [0.4, 0.5) is 0 Å². The van der Waals surface area contributed by atoms with Crippen LogP contribution in [0.5, 0.6) is 5.75 Å². The molecular formula is C27H38N2O4. The van der Waals surface area contributed by atoms with E-state index in [1.165, 1.54) is 16.0 Å². The molecule has 6 nitrogen and oxygen atoms in total. The average molecular weight is 455 g/mol. The summed E-state index contributed by atoms with van der Waals surface area (Å²) in [6, 6.07) is 14.3. The Bertz CT molecular complexity index is 901. The Morgan fingerprint density at radius 2 is 1.97 bits per heavy atom. The van der Waals surface area contributed by atoms with Gasteiger partial charge in [0.1, 0.15) is 5.75 Å². The number of carbonyl (C=O) groups excluding carboxylic acids is 1. The number of benzene rings is 2. The second-order valence-corrected chi connectivity index (χ2v) is 9.03. The van der Waals surface area contributed by atoms with Crippen LogP contribution in [0.1, 0.15) is 59.7 Å². The van der Waals surface area contributed by atoms with Crippen LogP contribution in [0, 0.1) is 0 Å². The van der Waals surface area contributed by atoms with Crippen molar-refractivity contribution >= 4 is 5.91 Å². The van der Waals surface area contributed by atoms with Crippen molar-refractivity contribution in [1.82, 2.24) is 9.80 Å². The van der Waals surface area contributed by atoms with E-state index in [0.717, 1.165) is 56.6 Å². The van der Waals surface area contributed by atoms with E-state index in [-0.39, 0.29) is 19.1 Å². The van der Waals surface area contributed by atoms with Crippen molar-refractivity contribution in [3.8, 4) is 5.75 Å². The number of aliphatic hydroxyl groups is 2. The van der Waals surface area contributed by atoms with Gasteiger partial charge in [0.25, 0.3) is 5.91 Å². The molecule has 1 amide bonds. The van der Waals surface area contributed by atoms with Gasteiger partial charge in [0.05, 0.1) is 19.3 Å². The lowest BCUT2D eigenvalue weighted by molar-refractivity contribution is 0.0520. The molecule has 1 heterocycles. The molecule has 0 saturated heterocycles. The highest BCUT2D eigenvalue weighted by atomic mass is 16.5. The van der Waals surface area contributed by atoms with Crippen molar-refractivity contribution in [1.29, 1.82) is 0 Å². The van der Waals surface area contributed by atoms with Gasteiger partial charge in [-0.05, 0) is 73.7 Å². The van der Waals surface area contributed by atoms with E-state index in [1.807, 2.05) is 12.1 Å². The zero-order chi connectivity index (χ0) is 23.6. The fourth-order valence-electron chi connectivity index (χ4n) is 4.37. The number of carbonyl (C=O) groups is 1. The molecule has 2 aromatic rings. The van der Waals surface area contributed by atoms with Crippen molar-refractivity contribution in [2.75, 3.05) is 39.9 Å². The van der Waals surface area contributed by atoms with Crippen LogP contribution in [0.25, 0.3) is 0 Å². The molecule has 3 rings (SSSR count). The molecule has 2 N–H and O–H groups in total. The van der Waals surface area contributed by atoms with Gasteiger partial charge in [0, 0.05) is 32.1 Å². The highest BCUT2D eigenvalue weighted by molar-refractivity contribution is 5.94. The lowest BCUT2D eigenvalue weighted by Crippen LogP contribution is -2.35. The van der Waals surface area contributed by atoms with E-state index in [1.54, 1.807) is 13.1 Å². The van der Waals surface area contributed by atoms with Gasteiger partial charge in [-0.3, -0.25) is 9.69 Å². The van der Waals surface area contributed by atoms with Gasteiger partial charge < -0.3 is 19.8 Å². The average Bonchev–Trinajstić information content (AvgIpc) is 2.81. The number of amides is 1. The molecule has 1 unspecified atom stereocenters. The summed E-state index contributed by atoms with van der Waals surface area (Å²) < 4.78 is 6.14. The summed E-state index contributed by atoms with van der Waals surface area (Å²) in [6.45, 7) is 5.78. The normalized spacial score (nSPS) is 16.2. The van der Waals surface area contributed by atoms with Crippen molar-refractivity contribution < 1.29 is 19.7 Å². The molecule has 0 saturated carbocycles. The SMILES string of the molecule is CCCN1CCCCCOc2ccc(C(=O)N(C)CC(O)CO)cc2Cc2cccc(c2)C1. The first kappa shape index (κ1) is 25.2. The van der Waals surface area contributed by atoms with Crippen molar-refractivity contribution in [2.24, 2.45) is 0 Å². The van der Waals surface area contributed by atoms with Gasteiger partial charge in [-0.2, -0.15) is 0 Å². The quantitative estimate of drug-likeness (QED) is 0.699. The number of nitrogens with zero attached hydrogens (tertiary/aromatic N) is 2. The van der Waals surface area contributed by atoms with Gasteiger partial charge in [0.2, 0.25) is 0 Å². The summed E-state index contributed by atoms with van der Waals surface area (Å²) >= 11 is 0. The smallest absolute Gasteiger partial charge is 0.253 e. The summed E-state index contributed by atoms with van der Waals surface area (Å²) in [5, 5.41) is 18.8. The first-order chi connectivity index (χ1) is 16.0. The van der Waals surface area contributed by atoms with Gasteiger partial charge in [-0.25, -0.2) is 0 Å². The Morgan fingerprint density at radius 3 is 2.76 bits per heavy atom. The lowest BCUT2D eigenvalue weighted by atomic mass is 9.99. The highest BCUT2D eigenvalue weighted by Gasteiger charge is 2.18. The molecule has 0 fully saturated rings. The first-order valence-electron chi connectivity index (χ1n) is 12.1. The molecule has 0 radical (unpaired) electrons. The molecule has 1 aliphatic rings. The molecule has 33 heavy (non-hydrogen) atoms. The van der Waals surface area contributed by atoms with Gasteiger partial charge in [-0.1, -0.05) is 31.2 Å². The van der Waals surface area contributed by atoms with E-state index in [9.17, 15) is 9.90 Å². The third kappa shape index (κ3) is 7.56. The molecule has 0 spiro atoms. The Kier molecular flexibility index (Phi) is 9.73. The van der Waals surface area contributed by atoms with Crippen molar-refractivity contribution in [3.63, 3.8) is 0 Å². The van der Waals surface area contributed by atoms with Crippen LogP contribution in [-0.2, 0) is 13.0 Å². The molecule has 1 atom stereocenters. The number of rotatable bonds is 6. The van der Waals surface area contributed by atoms with Crippen LogP contribution in [0.3, 0.4) is 0 Å².